The molecule has 1 aromatic rings. The van der Waals surface area contributed by atoms with E-state index in [9.17, 15) is 5.11 Å². The molecular formula is C18H28N2O. The van der Waals surface area contributed by atoms with E-state index in [-0.39, 0.29) is 6.10 Å². The highest BCUT2D eigenvalue weighted by Crippen LogP contribution is 2.24. The summed E-state index contributed by atoms with van der Waals surface area (Å²) in [5.74, 6) is 0.548. The number of aliphatic hydroxyl groups excluding tert-OH is 1. The van der Waals surface area contributed by atoms with Gasteiger partial charge >= 0.3 is 0 Å². The third-order valence-corrected chi connectivity index (χ3v) is 5.09. The molecule has 2 saturated heterocycles. The fourth-order valence-electron chi connectivity index (χ4n) is 3.67. The van der Waals surface area contributed by atoms with Gasteiger partial charge in [0.2, 0.25) is 0 Å². The van der Waals surface area contributed by atoms with Crippen LogP contribution in [-0.2, 0) is 0 Å². The van der Waals surface area contributed by atoms with Gasteiger partial charge in [0.1, 0.15) is 0 Å². The number of β-amino-alcohol motifs (C(OH)–C–C–N with tert-alkyl or cyclic N) is 1. The zero-order valence-electron chi connectivity index (χ0n) is 13.3. The number of rotatable bonds is 4. The zero-order chi connectivity index (χ0) is 14.8. The predicted octanol–water partition coefficient (Wildman–Crippen LogP) is 2.62. The Bertz CT molecular complexity index is 457. The van der Waals surface area contributed by atoms with Gasteiger partial charge < -0.3 is 5.11 Å². The molecule has 2 aliphatic rings. The largest absolute Gasteiger partial charge is 0.387 e. The molecule has 0 amide bonds. The molecule has 0 aliphatic carbocycles. The average Bonchev–Trinajstić information content (AvgIpc) is 2.95. The molecule has 21 heavy (non-hydrogen) atoms. The van der Waals surface area contributed by atoms with Gasteiger partial charge in [-0.1, -0.05) is 38.1 Å². The van der Waals surface area contributed by atoms with Crippen molar-refractivity contribution in [3.8, 4) is 0 Å². The Morgan fingerprint density at radius 1 is 1.10 bits per heavy atom. The average molecular weight is 288 g/mol. The van der Waals surface area contributed by atoms with Crippen molar-refractivity contribution in [1.29, 1.82) is 0 Å². The molecule has 0 spiro atoms. The summed E-state index contributed by atoms with van der Waals surface area (Å²) in [6.07, 6.45) is 2.31. The third kappa shape index (κ3) is 3.47. The number of hydrogen-bond donors (Lipinski definition) is 1. The summed E-state index contributed by atoms with van der Waals surface area (Å²) in [5, 5.41) is 10.5. The maximum Gasteiger partial charge on any atom is 0.0916 e. The molecule has 116 valence electrons. The van der Waals surface area contributed by atoms with Crippen LogP contribution >= 0.6 is 0 Å². The van der Waals surface area contributed by atoms with E-state index in [1.54, 1.807) is 0 Å². The van der Waals surface area contributed by atoms with Crippen LogP contribution in [0.3, 0.4) is 0 Å². The van der Waals surface area contributed by atoms with Crippen LogP contribution in [0.2, 0.25) is 0 Å². The summed E-state index contributed by atoms with van der Waals surface area (Å²) in [7, 11) is 0. The smallest absolute Gasteiger partial charge is 0.0916 e. The first kappa shape index (κ1) is 15.0. The van der Waals surface area contributed by atoms with Gasteiger partial charge in [0.25, 0.3) is 0 Å². The van der Waals surface area contributed by atoms with Crippen LogP contribution in [0.15, 0.2) is 24.3 Å². The summed E-state index contributed by atoms with van der Waals surface area (Å²) < 4.78 is 0. The van der Waals surface area contributed by atoms with Crippen LogP contribution in [0.25, 0.3) is 0 Å². The molecule has 1 N–H and O–H groups in total. The second-order valence-electron chi connectivity index (χ2n) is 6.93. The Balaban J connectivity index is 1.57. The van der Waals surface area contributed by atoms with Crippen LogP contribution in [-0.4, -0.2) is 53.7 Å². The molecule has 0 aromatic heterocycles. The van der Waals surface area contributed by atoms with E-state index in [2.05, 4.69) is 47.9 Å². The van der Waals surface area contributed by atoms with Gasteiger partial charge in [-0.3, -0.25) is 9.80 Å². The normalized spacial score (nSPS) is 25.2. The van der Waals surface area contributed by atoms with Crippen LogP contribution in [0.4, 0.5) is 0 Å². The number of fused-ring (bicyclic) bond motifs is 1. The van der Waals surface area contributed by atoms with Crippen LogP contribution in [0, 0.1) is 0 Å². The van der Waals surface area contributed by atoms with Crippen LogP contribution < -0.4 is 0 Å². The lowest BCUT2D eigenvalue weighted by Crippen LogP contribution is -2.50. The number of benzene rings is 1. The molecule has 0 radical (unpaired) electrons. The van der Waals surface area contributed by atoms with Crippen molar-refractivity contribution >= 4 is 0 Å². The minimum absolute atomic E-state index is 0.362. The van der Waals surface area contributed by atoms with Gasteiger partial charge in [-0.15, -0.1) is 0 Å². The third-order valence-electron chi connectivity index (χ3n) is 5.09. The lowest BCUT2D eigenvalue weighted by molar-refractivity contribution is 0.0566. The van der Waals surface area contributed by atoms with Crippen molar-refractivity contribution in [3.63, 3.8) is 0 Å². The highest BCUT2D eigenvalue weighted by Gasteiger charge is 2.31. The van der Waals surface area contributed by atoms with E-state index in [1.165, 1.54) is 31.5 Å². The van der Waals surface area contributed by atoms with E-state index >= 15 is 0 Å². The Morgan fingerprint density at radius 3 is 2.52 bits per heavy atom. The van der Waals surface area contributed by atoms with Crippen molar-refractivity contribution in [1.82, 2.24) is 9.80 Å². The Morgan fingerprint density at radius 2 is 1.81 bits per heavy atom. The maximum absolute atomic E-state index is 10.5. The first-order chi connectivity index (χ1) is 10.1. The van der Waals surface area contributed by atoms with E-state index in [4.69, 9.17) is 0 Å². The molecule has 1 aromatic carbocycles. The van der Waals surface area contributed by atoms with Crippen molar-refractivity contribution in [3.05, 3.63) is 35.4 Å². The first-order valence-electron chi connectivity index (χ1n) is 8.38. The summed E-state index contributed by atoms with van der Waals surface area (Å²) in [6.45, 7) is 9.84. The minimum Gasteiger partial charge on any atom is -0.387 e. The monoisotopic (exact) mass is 288 g/mol. The Labute approximate surface area is 128 Å². The highest BCUT2D eigenvalue weighted by molar-refractivity contribution is 5.26. The lowest BCUT2D eigenvalue weighted by atomic mass is 9.99. The van der Waals surface area contributed by atoms with Crippen LogP contribution in [0.5, 0.6) is 0 Å². The highest BCUT2D eigenvalue weighted by atomic mass is 16.3. The summed E-state index contributed by atoms with van der Waals surface area (Å²) in [5.41, 5.74) is 2.39. The molecule has 2 heterocycles. The van der Waals surface area contributed by atoms with Gasteiger partial charge in [0.15, 0.2) is 0 Å². The second kappa shape index (κ2) is 6.47. The molecule has 2 fully saturated rings. The minimum atomic E-state index is -0.362. The summed E-state index contributed by atoms with van der Waals surface area (Å²) in [4.78, 5) is 5.05. The van der Waals surface area contributed by atoms with Gasteiger partial charge in [-0.2, -0.15) is 0 Å². The summed E-state index contributed by atoms with van der Waals surface area (Å²) in [6, 6.07) is 9.21. The molecule has 3 nitrogen and oxygen atoms in total. The number of aliphatic hydroxyl groups is 1. The molecule has 0 saturated carbocycles. The van der Waals surface area contributed by atoms with Crippen LogP contribution in [0.1, 0.15) is 49.8 Å². The molecule has 3 rings (SSSR count). The molecule has 2 atom stereocenters. The van der Waals surface area contributed by atoms with Gasteiger partial charge in [0.05, 0.1) is 6.10 Å². The molecule has 2 aliphatic heterocycles. The topological polar surface area (TPSA) is 26.7 Å². The van der Waals surface area contributed by atoms with E-state index in [1.807, 2.05) is 0 Å². The fourth-order valence-corrected chi connectivity index (χ4v) is 3.67. The molecule has 0 bridgehead atoms. The van der Waals surface area contributed by atoms with Crippen molar-refractivity contribution in [2.45, 2.75) is 44.8 Å². The lowest BCUT2D eigenvalue weighted by Gasteiger charge is -2.38. The number of piperazine rings is 1. The molecular weight excluding hydrogens is 260 g/mol. The molecule has 3 heteroatoms. The second-order valence-corrected chi connectivity index (χ2v) is 6.93. The van der Waals surface area contributed by atoms with E-state index in [0.717, 1.165) is 31.2 Å². The van der Waals surface area contributed by atoms with Crippen molar-refractivity contribution in [2.24, 2.45) is 0 Å². The Kier molecular flexibility index (Phi) is 4.63. The van der Waals surface area contributed by atoms with E-state index < -0.39 is 0 Å². The number of nitrogens with zero attached hydrogens (tertiary/aromatic N) is 2. The van der Waals surface area contributed by atoms with Gasteiger partial charge in [0, 0.05) is 32.2 Å². The summed E-state index contributed by atoms with van der Waals surface area (Å²) >= 11 is 0. The van der Waals surface area contributed by atoms with Gasteiger partial charge in [-0.05, 0) is 36.4 Å². The van der Waals surface area contributed by atoms with E-state index in [0.29, 0.717) is 5.92 Å². The standard InChI is InChI=1S/C18H28N2O/c1-14(2)15-5-7-16(8-6-15)18(21)13-19-10-11-20-9-3-4-17(20)12-19/h5-8,14,17-18,21H,3-4,9-13H2,1-2H3. The number of hydrogen-bond acceptors (Lipinski definition) is 3. The SMILES string of the molecule is CC(C)c1ccc(C(O)CN2CCN3CCCC3C2)cc1. The fraction of sp³-hybridized carbons (Fsp3) is 0.667. The van der Waals surface area contributed by atoms with Crippen molar-refractivity contribution in [2.75, 3.05) is 32.7 Å². The first-order valence-corrected chi connectivity index (χ1v) is 8.38. The van der Waals surface area contributed by atoms with Crippen molar-refractivity contribution < 1.29 is 5.11 Å². The maximum atomic E-state index is 10.5. The predicted molar refractivity (Wildman–Crippen MR) is 86.5 cm³/mol. The quantitative estimate of drug-likeness (QED) is 0.922. The van der Waals surface area contributed by atoms with Gasteiger partial charge in [-0.25, -0.2) is 0 Å². The molecule has 2 unspecified atom stereocenters. The zero-order valence-corrected chi connectivity index (χ0v) is 13.3. The Hall–Kier alpha value is -0.900.